The number of hydrogen-bond acceptors (Lipinski definition) is 4. The van der Waals surface area contributed by atoms with Gasteiger partial charge in [0.05, 0.1) is 17.0 Å². The van der Waals surface area contributed by atoms with Gasteiger partial charge in [0.2, 0.25) is 5.91 Å². The Bertz CT molecular complexity index is 1050. The second kappa shape index (κ2) is 9.07. The summed E-state index contributed by atoms with van der Waals surface area (Å²) >= 11 is 1.30. The minimum absolute atomic E-state index is 0.267. The van der Waals surface area contributed by atoms with Gasteiger partial charge in [-0.15, -0.1) is 11.3 Å². The van der Waals surface area contributed by atoms with E-state index in [0.717, 1.165) is 12.1 Å². The second-order valence-electron chi connectivity index (χ2n) is 5.87. The molecule has 0 spiro atoms. The van der Waals surface area contributed by atoms with Gasteiger partial charge in [0, 0.05) is 17.4 Å². The maximum absolute atomic E-state index is 13.6. The maximum Gasteiger partial charge on any atom is 0.265 e. The molecule has 3 amide bonds. The lowest BCUT2D eigenvalue weighted by molar-refractivity contribution is -0.115. The minimum atomic E-state index is -1.02. The fourth-order valence-electron chi connectivity index (χ4n) is 2.41. The summed E-state index contributed by atoms with van der Waals surface area (Å²) in [6.45, 7) is -0.415. The van der Waals surface area contributed by atoms with Crippen LogP contribution in [0.15, 0.2) is 60.0 Å². The van der Waals surface area contributed by atoms with Gasteiger partial charge in [-0.25, -0.2) is 8.78 Å². The molecule has 9 heteroatoms. The average Bonchev–Trinajstić information content (AvgIpc) is 3.21. The Morgan fingerprint density at radius 2 is 1.62 bits per heavy atom. The standard InChI is InChI=1S/C20H15F2N3O3S/c21-12-6-7-15(16(22)9-12)19(27)23-11-18(26)24-13-3-1-4-14(10-13)25-20(28)17-5-2-8-29-17/h1-10H,11H2,(H,23,27)(H,24,26)(H,25,28). The molecule has 6 nitrogen and oxygen atoms in total. The Kier molecular flexibility index (Phi) is 6.30. The van der Waals surface area contributed by atoms with Crippen molar-refractivity contribution in [3.63, 3.8) is 0 Å². The van der Waals surface area contributed by atoms with Crippen LogP contribution in [0.1, 0.15) is 20.0 Å². The predicted molar refractivity (Wildman–Crippen MR) is 106 cm³/mol. The molecule has 3 N–H and O–H groups in total. The van der Waals surface area contributed by atoms with Gasteiger partial charge in [-0.2, -0.15) is 0 Å². The maximum atomic E-state index is 13.6. The third-order valence-electron chi connectivity index (χ3n) is 3.73. The summed E-state index contributed by atoms with van der Waals surface area (Å²) < 4.78 is 26.5. The van der Waals surface area contributed by atoms with Crippen molar-refractivity contribution in [2.24, 2.45) is 0 Å². The van der Waals surface area contributed by atoms with Crippen molar-refractivity contribution in [1.29, 1.82) is 0 Å². The smallest absolute Gasteiger partial charge is 0.265 e. The molecule has 1 heterocycles. The number of anilines is 2. The van der Waals surface area contributed by atoms with Gasteiger partial charge in [-0.1, -0.05) is 12.1 Å². The van der Waals surface area contributed by atoms with Crippen LogP contribution in [0, 0.1) is 11.6 Å². The molecule has 3 aromatic rings. The van der Waals surface area contributed by atoms with E-state index in [1.165, 1.54) is 11.3 Å². The largest absolute Gasteiger partial charge is 0.343 e. The van der Waals surface area contributed by atoms with Crippen molar-refractivity contribution < 1.29 is 23.2 Å². The summed E-state index contributed by atoms with van der Waals surface area (Å²) in [5, 5.41) is 9.34. The number of hydrogen-bond donors (Lipinski definition) is 3. The van der Waals surface area contributed by atoms with E-state index in [4.69, 9.17) is 0 Å². The van der Waals surface area contributed by atoms with E-state index in [1.54, 1.807) is 41.8 Å². The molecule has 29 heavy (non-hydrogen) atoms. The van der Waals surface area contributed by atoms with Crippen molar-refractivity contribution in [2.45, 2.75) is 0 Å². The number of thiophene rings is 1. The molecule has 0 saturated heterocycles. The van der Waals surface area contributed by atoms with E-state index in [2.05, 4.69) is 16.0 Å². The number of rotatable bonds is 6. The number of nitrogens with one attached hydrogen (secondary N) is 3. The Balaban J connectivity index is 1.55. The molecule has 0 aliphatic heterocycles. The third kappa shape index (κ3) is 5.45. The molecule has 0 radical (unpaired) electrons. The van der Waals surface area contributed by atoms with Gasteiger partial charge in [0.1, 0.15) is 11.6 Å². The van der Waals surface area contributed by atoms with E-state index in [1.807, 2.05) is 0 Å². The normalized spacial score (nSPS) is 10.3. The highest BCUT2D eigenvalue weighted by atomic mass is 32.1. The lowest BCUT2D eigenvalue weighted by Crippen LogP contribution is -2.33. The molecule has 0 saturated carbocycles. The molecule has 0 unspecified atom stereocenters. The van der Waals surface area contributed by atoms with Crippen LogP contribution in [0.4, 0.5) is 20.2 Å². The SMILES string of the molecule is O=C(CNC(=O)c1ccc(F)cc1F)Nc1cccc(NC(=O)c2cccs2)c1. The lowest BCUT2D eigenvalue weighted by atomic mass is 10.2. The van der Waals surface area contributed by atoms with Crippen molar-refractivity contribution in [2.75, 3.05) is 17.2 Å². The molecule has 0 aliphatic carbocycles. The molecule has 0 aliphatic rings. The first-order chi connectivity index (χ1) is 13.9. The number of benzene rings is 2. The first kappa shape index (κ1) is 20.2. The van der Waals surface area contributed by atoms with Gasteiger partial charge < -0.3 is 16.0 Å². The van der Waals surface area contributed by atoms with Crippen LogP contribution < -0.4 is 16.0 Å². The molecule has 1 aromatic heterocycles. The average molecular weight is 415 g/mol. The van der Waals surface area contributed by atoms with Gasteiger partial charge in [-0.05, 0) is 41.8 Å². The van der Waals surface area contributed by atoms with E-state index in [-0.39, 0.29) is 11.5 Å². The van der Waals surface area contributed by atoms with Crippen LogP contribution in [-0.4, -0.2) is 24.3 Å². The van der Waals surface area contributed by atoms with Crippen LogP contribution in [0.2, 0.25) is 0 Å². The highest BCUT2D eigenvalue weighted by Gasteiger charge is 2.14. The van der Waals surface area contributed by atoms with Crippen LogP contribution in [-0.2, 0) is 4.79 Å². The number of carbonyl (C=O) groups excluding carboxylic acids is 3. The van der Waals surface area contributed by atoms with Crippen molar-refractivity contribution in [1.82, 2.24) is 5.32 Å². The fraction of sp³-hybridized carbons (Fsp3) is 0.0500. The zero-order valence-corrected chi connectivity index (χ0v) is 15.7. The summed E-state index contributed by atoms with van der Waals surface area (Å²) in [6.07, 6.45) is 0. The van der Waals surface area contributed by atoms with Crippen molar-refractivity contribution >= 4 is 40.4 Å². The van der Waals surface area contributed by atoms with E-state index in [0.29, 0.717) is 22.3 Å². The molecule has 2 aromatic carbocycles. The highest BCUT2D eigenvalue weighted by Crippen LogP contribution is 2.17. The molecule has 0 atom stereocenters. The van der Waals surface area contributed by atoms with Crippen LogP contribution >= 0.6 is 11.3 Å². The first-order valence-corrected chi connectivity index (χ1v) is 9.28. The van der Waals surface area contributed by atoms with E-state index in [9.17, 15) is 23.2 Å². The van der Waals surface area contributed by atoms with Crippen LogP contribution in [0.5, 0.6) is 0 Å². The zero-order valence-electron chi connectivity index (χ0n) is 14.9. The highest BCUT2D eigenvalue weighted by molar-refractivity contribution is 7.12. The van der Waals surface area contributed by atoms with E-state index >= 15 is 0 Å². The third-order valence-corrected chi connectivity index (χ3v) is 4.60. The number of amides is 3. The monoisotopic (exact) mass is 415 g/mol. The quantitative estimate of drug-likeness (QED) is 0.574. The summed E-state index contributed by atoms with van der Waals surface area (Å²) in [5.74, 6) is -3.48. The van der Waals surface area contributed by atoms with Gasteiger partial charge in [-0.3, -0.25) is 14.4 Å². The molecular formula is C20H15F2N3O3S. The molecule has 0 bridgehead atoms. The minimum Gasteiger partial charge on any atom is -0.343 e. The van der Waals surface area contributed by atoms with E-state index < -0.39 is 30.0 Å². The topological polar surface area (TPSA) is 87.3 Å². The lowest BCUT2D eigenvalue weighted by Gasteiger charge is -2.09. The summed E-state index contributed by atoms with van der Waals surface area (Å²) in [4.78, 5) is 36.6. The second-order valence-corrected chi connectivity index (χ2v) is 6.81. The molecular weight excluding hydrogens is 400 g/mol. The van der Waals surface area contributed by atoms with Gasteiger partial charge in [0.25, 0.3) is 11.8 Å². The Morgan fingerprint density at radius 1 is 0.862 bits per heavy atom. The van der Waals surface area contributed by atoms with Gasteiger partial charge >= 0.3 is 0 Å². The van der Waals surface area contributed by atoms with Gasteiger partial charge in [0.15, 0.2) is 0 Å². The summed E-state index contributed by atoms with van der Waals surface area (Å²) in [6, 6.07) is 12.5. The number of halogens is 2. The zero-order chi connectivity index (χ0) is 20.8. The number of carbonyl (C=O) groups is 3. The van der Waals surface area contributed by atoms with Crippen molar-refractivity contribution in [3.8, 4) is 0 Å². The molecule has 3 rings (SSSR count). The first-order valence-electron chi connectivity index (χ1n) is 8.40. The molecule has 148 valence electrons. The Hall–Kier alpha value is -3.59. The van der Waals surface area contributed by atoms with Crippen molar-refractivity contribution in [3.05, 3.63) is 82.1 Å². The van der Waals surface area contributed by atoms with Crippen LogP contribution in [0.25, 0.3) is 0 Å². The Labute approximate surface area is 168 Å². The summed E-state index contributed by atoms with van der Waals surface area (Å²) in [5.41, 5.74) is 0.525. The predicted octanol–water partition coefficient (Wildman–Crippen LogP) is 3.65. The fourth-order valence-corrected chi connectivity index (χ4v) is 3.03. The molecule has 0 fully saturated rings. The summed E-state index contributed by atoms with van der Waals surface area (Å²) in [7, 11) is 0. The Morgan fingerprint density at radius 3 is 2.31 bits per heavy atom. The van der Waals surface area contributed by atoms with Crippen LogP contribution in [0.3, 0.4) is 0 Å².